The highest BCUT2D eigenvalue weighted by atomic mass is 16.4. The van der Waals surface area contributed by atoms with E-state index >= 15 is 0 Å². The molecule has 0 bridgehead atoms. The highest BCUT2D eigenvalue weighted by molar-refractivity contribution is 5.78. The van der Waals surface area contributed by atoms with Crippen LogP contribution in [0.25, 0.3) is 0 Å². The van der Waals surface area contributed by atoms with Crippen molar-refractivity contribution in [1.29, 1.82) is 0 Å². The third kappa shape index (κ3) is 2.05. The van der Waals surface area contributed by atoms with Crippen molar-refractivity contribution >= 4 is 11.9 Å². The maximum atomic E-state index is 10.2. The molecule has 1 N–H and O–H groups in total. The fourth-order valence-corrected chi connectivity index (χ4v) is 0.418. The number of carboxylic acid groups (broad SMARTS) is 2. The van der Waals surface area contributed by atoms with Gasteiger partial charge in [-0.3, -0.25) is 4.79 Å². The molecular formula is C6H9O4-. The molecule has 0 amide bonds. The molecule has 2 unspecified atom stereocenters. The van der Waals surface area contributed by atoms with Crippen molar-refractivity contribution in [3.8, 4) is 0 Å². The van der Waals surface area contributed by atoms with Gasteiger partial charge in [0.1, 0.15) is 0 Å². The zero-order valence-corrected chi connectivity index (χ0v) is 5.83. The topological polar surface area (TPSA) is 77.4 Å². The van der Waals surface area contributed by atoms with Crippen LogP contribution in [-0.2, 0) is 9.59 Å². The molecule has 0 fully saturated rings. The van der Waals surface area contributed by atoms with Crippen LogP contribution in [0.5, 0.6) is 0 Å². The minimum absolute atomic E-state index is 0.884. The van der Waals surface area contributed by atoms with Gasteiger partial charge in [-0.15, -0.1) is 0 Å². The predicted molar refractivity (Wildman–Crippen MR) is 31.0 cm³/mol. The normalized spacial score (nSPS) is 15.8. The zero-order chi connectivity index (χ0) is 8.31. The molecule has 0 aliphatic rings. The molecule has 0 heterocycles. The van der Waals surface area contributed by atoms with Gasteiger partial charge in [-0.2, -0.15) is 0 Å². The number of carbonyl (C=O) groups is 2. The Morgan fingerprint density at radius 2 is 1.70 bits per heavy atom. The average Bonchev–Trinajstić information content (AvgIpc) is 1.84. The SMILES string of the molecule is CC(C(=O)[O-])C(C)C(=O)O. The fourth-order valence-electron chi connectivity index (χ4n) is 0.418. The van der Waals surface area contributed by atoms with Gasteiger partial charge in [0.2, 0.25) is 0 Å². The first-order chi connectivity index (χ1) is 4.46. The molecule has 0 radical (unpaired) electrons. The van der Waals surface area contributed by atoms with Crippen LogP contribution < -0.4 is 5.11 Å². The van der Waals surface area contributed by atoms with Crippen LogP contribution in [0.2, 0.25) is 0 Å². The van der Waals surface area contributed by atoms with Gasteiger partial charge >= 0.3 is 5.97 Å². The molecule has 58 valence electrons. The van der Waals surface area contributed by atoms with Crippen molar-refractivity contribution in [2.75, 3.05) is 0 Å². The lowest BCUT2D eigenvalue weighted by atomic mass is 9.97. The summed E-state index contributed by atoms with van der Waals surface area (Å²) >= 11 is 0. The molecule has 0 aromatic heterocycles. The molecule has 10 heavy (non-hydrogen) atoms. The Bertz CT molecular complexity index is 134. The zero-order valence-electron chi connectivity index (χ0n) is 5.83. The van der Waals surface area contributed by atoms with Gasteiger partial charge in [-0.05, 0) is 0 Å². The van der Waals surface area contributed by atoms with Crippen molar-refractivity contribution in [2.24, 2.45) is 11.8 Å². The van der Waals surface area contributed by atoms with Crippen LogP contribution in [0.4, 0.5) is 0 Å². The molecule has 2 atom stereocenters. The Balaban J connectivity index is 4.07. The van der Waals surface area contributed by atoms with Crippen LogP contribution >= 0.6 is 0 Å². The summed E-state index contributed by atoms with van der Waals surface area (Å²) in [5, 5.41) is 18.4. The lowest BCUT2D eigenvalue weighted by Gasteiger charge is -2.15. The molecule has 0 aromatic rings. The van der Waals surface area contributed by atoms with E-state index in [1.807, 2.05) is 0 Å². The molecule has 0 saturated carbocycles. The second kappa shape index (κ2) is 3.20. The van der Waals surface area contributed by atoms with Crippen molar-refractivity contribution in [3.05, 3.63) is 0 Å². The number of aliphatic carboxylic acids is 2. The first-order valence-electron chi connectivity index (χ1n) is 2.90. The van der Waals surface area contributed by atoms with Gasteiger partial charge in [0.05, 0.1) is 5.92 Å². The third-order valence-electron chi connectivity index (χ3n) is 1.51. The van der Waals surface area contributed by atoms with Crippen LogP contribution in [0.15, 0.2) is 0 Å². The van der Waals surface area contributed by atoms with E-state index < -0.39 is 23.8 Å². The minimum atomic E-state index is -1.32. The molecular weight excluding hydrogens is 136 g/mol. The molecule has 0 aromatic carbocycles. The van der Waals surface area contributed by atoms with Gasteiger partial charge in [0.15, 0.2) is 0 Å². The maximum absolute atomic E-state index is 10.2. The lowest BCUT2D eigenvalue weighted by Crippen LogP contribution is -2.35. The van der Waals surface area contributed by atoms with E-state index in [9.17, 15) is 14.7 Å². The average molecular weight is 145 g/mol. The number of carbonyl (C=O) groups excluding carboxylic acids is 1. The largest absolute Gasteiger partial charge is 0.550 e. The third-order valence-corrected chi connectivity index (χ3v) is 1.51. The number of hydrogen-bond acceptors (Lipinski definition) is 3. The van der Waals surface area contributed by atoms with E-state index in [2.05, 4.69) is 0 Å². The summed E-state index contributed by atoms with van der Waals surface area (Å²) in [6.45, 7) is 2.65. The molecule has 0 rings (SSSR count). The molecule has 0 spiro atoms. The summed E-state index contributed by atoms with van der Waals surface area (Å²) in [5.74, 6) is -4.26. The van der Waals surface area contributed by atoms with E-state index in [1.54, 1.807) is 0 Å². The summed E-state index contributed by atoms with van der Waals surface area (Å²) < 4.78 is 0. The van der Waals surface area contributed by atoms with Gasteiger partial charge < -0.3 is 15.0 Å². The standard InChI is InChI=1S/C6H10O4/c1-3(5(7)8)4(2)6(9)10/h3-4H,1-2H3,(H,7,8)(H,9,10)/p-1. The highest BCUT2D eigenvalue weighted by Crippen LogP contribution is 2.08. The van der Waals surface area contributed by atoms with Gasteiger partial charge in [0.25, 0.3) is 0 Å². The van der Waals surface area contributed by atoms with Gasteiger partial charge in [-0.25, -0.2) is 0 Å². The Morgan fingerprint density at radius 3 is 1.80 bits per heavy atom. The van der Waals surface area contributed by atoms with Crippen molar-refractivity contribution in [3.63, 3.8) is 0 Å². The first kappa shape index (κ1) is 8.94. The van der Waals surface area contributed by atoms with Gasteiger partial charge in [-0.1, -0.05) is 13.8 Å². The fraction of sp³-hybridized carbons (Fsp3) is 0.667. The molecule has 0 aliphatic heterocycles. The molecule has 0 aliphatic carbocycles. The number of hydrogen-bond donors (Lipinski definition) is 1. The Hall–Kier alpha value is -1.06. The van der Waals surface area contributed by atoms with E-state index in [0.717, 1.165) is 0 Å². The second-order valence-corrected chi connectivity index (χ2v) is 2.23. The van der Waals surface area contributed by atoms with E-state index in [-0.39, 0.29) is 0 Å². The predicted octanol–water partition coefficient (Wildman–Crippen LogP) is -0.907. The van der Waals surface area contributed by atoms with Crippen LogP contribution in [-0.4, -0.2) is 17.0 Å². The lowest BCUT2D eigenvalue weighted by molar-refractivity contribution is -0.312. The Labute approximate surface area is 58.5 Å². The van der Waals surface area contributed by atoms with Crippen LogP contribution in [0, 0.1) is 11.8 Å². The smallest absolute Gasteiger partial charge is 0.306 e. The molecule has 4 nitrogen and oxygen atoms in total. The molecule has 0 saturated heterocycles. The van der Waals surface area contributed by atoms with Crippen LogP contribution in [0.1, 0.15) is 13.8 Å². The quantitative estimate of drug-likeness (QED) is 0.557. The molecule has 4 heteroatoms. The summed E-state index contributed by atoms with van der Waals surface area (Å²) in [5.41, 5.74) is 0. The first-order valence-corrected chi connectivity index (χ1v) is 2.90. The number of rotatable bonds is 3. The van der Waals surface area contributed by atoms with Crippen molar-refractivity contribution in [1.82, 2.24) is 0 Å². The summed E-state index contributed by atoms with van der Waals surface area (Å²) in [6.07, 6.45) is 0. The highest BCUT2D eigenvalue weighted by Gasteiger charge is 2.19. The van der Waals surface area contributed by atoms with Gasteiger partial charge in [0, 0.05) is 11.9 Å². The summed E-state index contributed by atoms with van der Waals surface area (Å²) in [4.78, 5) is 20.2. The van der Waals surface area contributed by atoms with E-state index in [1.165, 1.54) is 13.8 Å². The van der Waals surface area contributed by atoms with Crippen molar-refractivity contribution < 1.29 is 19.8 Å². The van der Waals surface area contributed by atoms with E-state index in [4.69, 9.17) is 5.11 Å². The van der Waals surface area contributed by atoms with Crippen molar-refractivity contribution in [2.45, 2.75) is 13.8 Å². The monoisotopic (exact) mass is 145 g/mol. The van der Waals surface area contributed by atoms with Crippen LogP contribution in [0.3, 0.4) is 0 Å². The maximum Gasteiger partial charge on any atom is 0.306 e. The Morgan fingerprint density at radius 1 is 1.30 bits per heavy atom. The summed E-state index contributed by atoms with van der Waals surface area (Å²) in [6, 6.07) is 0. The minimum Gasteiger partial charge on any atom is -0.550 e. The Kier molecular flexibility index (Phi) is 2.86. The second-order valence-electron chi connectivity index (χ2n) is 2.23. The number of carboxylic acids is 2. The summed E-state index contributed by atoms with van der Waals surface area (Å²) in [7, 11) is 0. The van der Waals surface area contributed by atoms with E-state index in [0.29, 0.717) is 0 Å².